The van der Waals surface area contributed by atoms with Crippen molar-refractivity contribution < 1.29 is 16.8 Å². The average molecular weight is 389 g/mol. The lowest BCUT2D eigenvalue weighted by Gasteiger charge is -2.20. The van der Waals surface area contributed by atoms with Crippen LogP contribution in [0.4, 0.5) is 5.69 Å². The topological polar surface area (TPSA) is 83.5 Å². The highest BCUT2D eigenvalue weighted by Gasteiger charge is 2.25. The molecule has 6 nitrogen and oxygen atoms in total. The molecule has 0 amide bonds. The van der Waals surface area contributed by atoms with Gasteiger partial charge in [-0.3, -0.25) is 4.72 Å². The Hall–Kier alpha value is -1.12. The molecule has 0 bridgehead atoms. The van der Waals surface area contributed by atoms with E-state index in [0.717, 1.165) is 25.7 Å². The second kappa shape index (κ2) is 8.51. The van der Waals surface area contributed by atoms with Crippen LogP contribution in [0.15, 0.2) is 29.2 Å². The fourth-order valence-electron chi connectivity index (χ4n) is 2.75. The number of nitrogens with zero attached hydrogens (tertiary/aromatic N) is 1. The van der Waals surface area contributed by atoms with Gasteiger partial charge in [0.2, 0.25) is 20.0 Å². The quantitative estimate of drug-likeness (QED) is 0.778. The van der Waals surface area contributed by atoms with Crippen LogP contribution < -0.4 is 4.72 Å². The summed E-state index contributed by atoms with van der Waals surface area (Å²) in [5.74, 6) is 0.358. The van der Waals surface area contributed by atoms with Gasteiger partial charge >= 0.3 is 0 Å². The first-order valence-corrected chi connectivity index (χ1v) is 11.9. The molecule has 1 N–H and O–H groups in total. The van der Waals surface area contributed by atoms with Crippen molar-refractivity contribution in [3.63, 3.8) is 0 Å². The molecule has 1 aromatic rings. The summed E-state index contributed by atoms with van der Waals surface area (Å²) in [7, 11) is -6.92. The summed E-state index contributed by atoms with van der Waals surface area (Å²) >= 11 is 0. The van der Waals surface area contributed by atoms with Crippen molar-refractivity contribution in [1.29, 1.82) is 0 Å². The Morgan fingerprint density at radius 2 is 1.52 bits per heavy atom. The summed E-state index contributed by atoms with van der Waals surface area (Å²) in [4.78, 5) is 0.208. The molecule has 1 aliphatic heterocycles. The minimum absolute atomic E-state index is 0.0541. The minimum atomic E-state index is -3.51. The third-order valence-corrected chi connectivity index (χ3v) is 7.53. The van der Waals surface area contributed by atoms with E-state index >= 15 is 0 Å². The summed E-state index contributed by atoms with van der Waals surface area (Å²) in [6.07, 6.45) is 4.46. The van der Waals surface area contributed by atoms with Gasteiger partial charge in [0.05, 0.1) is 10.6 Å². The third kappa shape index (κ3) is 5.97. The van der Waals surface area contributed by atoms with E-state index in [2.05, 4.69) is 4.72 Å². The highest BCUT2D eigenvalue weighted by Crippen LogP contribution is 2.22. The molecule has 0 unspecified atom stereocenters. The van der Waals surface area contributed by atoms with E-state index in [9.17, 15) is 16.8 Å². The summed E-state index contributed by atoms with van der Waals surface area (Å²) < 4.78 is 53.5. The fourth-order valence-corrected chi connectivity index (χ4v) is 5.64. The molecule has 1 aromatic carbocycles. The van der Waals surface area contributed by atoms with Crippen molar-refractivity contribution in [1.82, 2.24) is 4.31 Å². The lowest BCUT2D eigenvalue weighted by Crippen LogP contribution is -2.31. The van der Waals surface area contributed by atoms with Gasteiger partial charge in [0, 0.05) is 18.8 Å². The molecule has 1 fully saturated rings. The van der Waals surface area contributed by atoms with Gasteiger partial charge in [0.1, 0.15) is 0 Å². The number of benzene rings is 1. The maximum absolute atomic E-state index is 12.7. The van der Waals surface area contributed by atoms with Crippen LogP contribution in [0.1, 0.15) is 46.0 Å². The van der Waals surface area contributed by atoms with E-state index in [1.54, 1.807) is 0 Å². The van der Waals surface area contributed by atoms with Crippen LogP contribution in [-0.2, 0) is 20.0 Å². The maximum atomic E-state index is 12.7. The van der Waals surface area contributed by atoms with Gasteiger partial charge < -0.3 is 0 Å². The Morgan fingerprint density at radius 1 is 0.960 bits per heavy atom. The van der Waals surface area contributed by atoms with E-state index in [0.29, 0.717) is 31.1 Å². The predicted octanol–water partition coefficient (Wildman–Crippen LogP) is 3.04. The van der Waals surface area contributed by atoms with Crippen molar-refractivity contribution in [2.45, 2.75) is 50.8 Å². The average Bonchev–Trinajstić information content (AvgIpc) is 2.83. The smallest absolute Gasteiger partial charge is 0.243 e. The molecule has 25 heavy (non-hydrogen) atoms. The van der Waals surface area contributed by atoms with Crippen LogP contribution >= 0.6 is 0 Å². The van der Waals surface area contributed by atoms with Gasteiger partial charge in [-0.25, -0.2) is 16.8 Å². The SMILES string of the molecule is CC(C)CCS(=O)(=O)Nc1ccc(S(=O)(=O)N2CCCCCC2)cc1. The summed E-state index contributed by atoms with van der Waals surface area (Å²) in [5.41, 5.74) is 0.388. The van der Waals surface area contributed by atoms with Crippen LogP contribution in [0.2, 0.25) is 0 Å². The molecule has 0 spiro atoms. The first-order chi connectivity index (χ1) is 11.7. The van der Waals surface area contributed by atoms with Crippen molar-refractivity contribution in [3.05, 3.63) is 24.3 Å². The summed E-state index contributed by atoms with van der Waals surface area (Å²) in [6, 6.07) is 5.97. The molecule has 1 heterocycles. The lowest BCUT2D eigenvalue weighted by molar-refractivity contribution is 0.424. The van der Waals surface area contributed by atoms with Crippen LogP contribution in [0.25, 0.3) is 0 Å². The van der Waals surface area contributed by atoms with Gasteiger partial charge in [-0.2, -0.15) is 4.31 Å². The van der Waals surface area contributed by atoms with E-state index in [4.69, 9.17) is 0 Å². The molecular weight excluding hydrogens is 360 g/mol. The zero-order valence-corrected chi connectivity index (χ0v) is 16.6. The van der Waals surface area contributed by atoms with Crippen molar-refractivity contribution in [2.75, 3.05) is 23.6 Å². The molecular formula is C17H28N2O4S2. The van der Waals surface area contributed by atoms with Gasteiger partial charge in [-0.05, 0) is 49.4 Å². The molecule has 0 saturated carbocycles. The van der Waals surface area contributed by atoms with E-state index < -0.39 is 20.0 Å². The monoisotopic (exact) mass is 388 g/mol. The van der Waals surface area contributed by atoms with Crippen LogP contribution in [0.3, 0.4) is 0 Å². The number of sulfonamides is 2. The Bertz CT molecular complexity index is 748. The first kappa shape index (κ1) is 20.2. The Kier molecular flexibility index (Phi) is 6.87. The molecule has 0 aliphatic carbocycles. The lowest BCUT2D eigenvalue weighted by atomic mass is 10.2. The van der Waals surface area contributed by atoms with E-state index in [-0.39, 0.29) is 10.6 Å². The second-order valence-corrected chi connectivity index (χ2v) is 10.7. The van der Waals surface area contributed by atoms with E-state index in [1.807, 2.05) is 13.8 Å². The summed E-state index contributed by atoms with van der Waals surface area (Å²) in [5, 5.41) is 0. The van der Waals surface area contributed by atoms with Gasteiger partial charge in [-0.1, -0.05) is 26.7 Å². The summed E-state index contributed by atoms with van der Waals surface area (Å²) in [6.45, 7) is 5.04. The number of nitrogens with one attached hydrogen (secondary N) is 1. The molecule has 2 rings (SSSR count). The van der Waals surface area contributed by atoms with Gasteiger partial charge in [0.15, 0.2) is 0 Å². The maximum Gasteiger partial charge on any atom is 0.243 e. The second-order valence-electron chi connectivity index (χ2n) is 6.95. The standard InChI is InChI=1S/C17H28N2O4S2/c1-15(2)11-14-24(20,21)18-16-7-9-17(10-8-16)25(22,23)19-12-5-3-4-6-13-19/h7-10,15,18H,3-6,11-14H2,1-2H3. The van der Waals surface area contributed by atoms with Crippen molar-refractivity contribution in [2.24, 2.45) is 5.92 Å². The van der Waals surface area contributed by atoms with Crippen LogP contribution in [0.5, 0.6) is 0 Å². The number of rotatable bonds is 7. The molecule has 8 heteroatoms. The highest BCUT2D eigenvalue weighted by atomic mass is 32.2. The molecule has 142 valence electrons. The van der Waals surface area contributed by atoms with Gasteiger partial charge in [-0.15, -0.1) is 0 Å². The number of hydrogen-bond donors (Lipinski definition) is 1. The van der Waals surface area contributed by atoms with Gasteiger partial charge in [0.25, 0.3) is 0 Å². The Labute approximate surface area is 151 Å². The minimum Gasteiger partial charge on any atom is -0.284 e. The fraction of sp³-hybridized carbons (Fsp3) is 0.647. The largest absolute Gasteiger partial charge is 0.284 e. The van der Waals surface area contributed by atoms with E-state index in [1.165, 1.54) is 28.6 Å². The zero-order chi connectivity index (χ0) is 18.5. The zero-order valence-electron chi connectivity index (χ0n) is 14.9. The van der Waals surface area contributed by atoms with Crippen LogP contribution in [0, 0.1) is 5.92 Å². The molecule has 0 aromatic heterocycles. The van der Waals surface area contributed by atoms with Crippen molar-refractivity contribution in [3.8, 4) is 0 Å². The predicted molar refractivity (Wildman–Crippen MR) is 101 cm³/mol. The van der Waals surface area contributed by atoms with Crippen LogP contribution in [-0.4, -0.2) is 40.0 Å². The molecule has 1 aliphatic rings. The first-order valence-electron chi connectivity index (χ1n) is 8.81. The third-order valence-electron chi connectivity index (χ3n) is 4.29. The molecule has 1 saturated heterocycles. The Morgan fingerprint density at radius 3 is 2.04 bits per heavy atom. The molecule has 0 radical (unpaired) electrons. The molecule has 0 atom stereocenters. The highest BCUT2D eigenvalue weighted by molar-refractivity contribution is 7.92. The Balaban J connectivity index is 2.08. The normalized spacial score (nSPS) is 17.4. The van der Waals surface area contributed by atoms with Crippen molar-refractivity contribution >= 4 is 25.7 Å². The number of hydrogen-bond acceptors (Lipinski definition) is 4. The number of anilines is 1.